The van der Waals surface area contributed by atoms with Crippen LogP contribution in [0, 0.1) is 13.8 Å². The minimum Gasteiger partial charge on any atom is -0.332 e. The zero-order valence-corrected chi connectivity index (χ0v) is 14.5. The molecule has 1 unspecified atom stereocenters. The summed E-state index contributed by atoms with van der Waals surface area (Å²) >= 11 is 0. The molecule has 0 saturated carbocycles. The number of para-hydroxylation sites is 2. The maximum atomic E-state index is 13.0. The second-order valence-corrected chi connectivity index (χ2v) is 6.65. The van der Waals surface area contributed by atoms with E-state index in [1.54, 1.807) is 6.20 Å². The molecular weight excluding hydrogens is 314 g/mol. The van der Waals surface area contributed by atoms with E-state index in [4.69, 9.17) is 0 Å². The normalized spacial score (nSPS) is 17.4. The lowest BCUT2D eigenvalue weighted by Crippen LogP contribution is -2.39. The van der Waals surface area contributed by atoms with Gasteiger partial charge in [0.25, 0.3) is 5.91 Å². The molecule has 1 aliphatic heterocycles. The fourth-order valence-corrected chi connectivity index (χ4v) is 3.56. The first-order valence-electron chi connectivity index (χ1n) is 8.65. The Kier molecular flexibility index (Phi) is 3.95. The van der Waals surface area contributed by atoms with Gasteiger partial charge in [0.05, 0.1) is 35.5 Å². The lowest BCUT2D eigenvalue weighted by molar-refractivity contribution is 0.0715. The van der Waals surface area contributed by atoms with Crippen LogP contribution in [0.3, 0.4) is 0 Å². The Morgan fingerprint density at radius 2 is 2.04 bits per heavy atom. The summed E-state index contributed by atoms with van der Waals surface area (Å²) in [5.41, 5.74) is 4.11. The molecule has 1 aromatic carbocycles. The van der Waals surface area contributed by atoms with Gasteiger partial charge in [-0.15, -0.1) is 0 Å². The number of aromatic nitrogens is 4. The molecule has 6 nitrogen and oxygen atoms in total. The molecule has 3 heterocycles. The molecule has 0 spiro atoms. The van der Waals surface area contributed by atoms with E-state index >= 15 is 0 Å². The summed E-state index contributed by atoms with van der Waals surface area (Å²) in [6, 6.07) is 9.83. The fraction of sp³-hybridized carbons (Fsp3) is 0.368. The Hall–Kier alpha value is -2.76. The van der Waals surface area contributed by atoms with Crippen LogP contribution in [0.1, 0.15) is 34.7 Å². The molecule has 25 heavy (non-hydrogen) atoms. The summed E-state index contributed by atoms with van der Waals surface area (Å²) in [7, 11) is 0. The van der Waals surface area contributed by atoms with Gasteiger partial charge in [-0.1, -0.05) is 12.1 Å². The number of benzene rings is 1. The van der Waals surface area contributed by atoms with Crippen molar-refractivity contribution in [3.05, 3.63) is 53.6 Å². The molecule has 2 aromatic heterocycles. The highest BCUT2D eigenvalue weighted by Gasteiger charge is 2.31. The van der Waals surface area contributed by atoms with Gasteiger partial charge in [0.1, 0.15) is 5.69 Å². The molecule has 1 saturated heterocycles. The molecule has 1 aliphatic rings. The molecular formula is C19H21N5O. The van der Waals surface area contributed by atoms with Gasteiger partial charge < -0.3 is 4.90 Å². The van der Waals surface area contributed by atoms with Crippen molar-refractivity contribution >= 4 is 16.9 Å². The largest absolute Gasteiger partial charge is 0.332 e. The smallest absolute Gasteiger partial charge is 0.274 e. The SMILES string of the molecule is Cc1cc(C)n(CC2CCCN2C(=O)c2cnc3ccccc3n2)n1. The van der Waals surface area contributed by atoms with E-state index in [0.29, 0.717) is 5.69 Å². The Morgan fingerprint density at radius 3 is 2.80 bits per heavy atom. The number of amides is 1. The highest BCUT2D eigenvalue weighted by atomic mass is 16.2. The number of carbonyl (C=O) groups is 1. The summed E-state index contributed by atoms with van der Waals surface area (Å²) in [4.78, 5) is 23.8. The van der Waals surface area contributed by atoms with Crippen molar-refractivity contribution in [3.8, 4) is 0 Å². The van der Waals surface area contributed by atoms with E-state index in [0.717, 1.165) is 48.4 Å². The zero-order chi connectivity index (χ0) is 17.4. The maximum Gasteiger partial charge on any atom is 0.274 e. The van der Waals surface area contributed by atoms with Gasteiger partial charge in [0, 0.05) is 12.2 Å². The van der Waals surface area contributed by atoms with E-state index in [9.17, 15) is 4.79 Å². The van der Waals surface area contributed by atoms with Crippen molar-refractivity contribution < 1.29 is 4.79 Å². The lowest BCUT2D eigenvalue weighted by Gasteiger charge is -2.24. The predicted octanol–water partition coefficient (Wildman–Crippen LogP) is 2.75. The molecule has 0 aliphatic carbocycles. The number of carbonyl (C=O) groups excluding carboxylic acids is 1. The minimum atomic E-state index is -0.0396. The van der Waals surface area contributed by atoms with E-state index in [1.165, 1.54) is 0 Å². The van der Waals surface area contributed by atoms with Crippen molar-refractivity contribution in [2.24, 2.45) is 0 Å². The summed E-state index contributed by atoms with van der Waals surface area (Å²) in [5, 5.41) is 4.53. The molecule has 4 rings (SSSR count). The molecule has 1 fully saturated rings. The molecule has 3 aromatic rings. The van der Waals surface area contributed by atoms with Gasteiger partial charge in [-0.05, 0) is 44.9 Å². The third-order valence-corrected chi connectivity index (χ3v) is 4.79. The molecule has 128 valence electrons. The topological polar surface area (TPSA) is 63.9 Å². The van der Waals surface area contributed by atoms with Crippen LogP contribution in [0.2, 0.25) is 0 Å². The summed E-state index contributed by atoms with van der Waals surface area (Å²) in [6.45, 7) is 5.53. The average molecular weight is 335 g/mol. The summed E-state index contributed by atoms with van der Waals surface area (Å²) in [6.07, 6.45) is 3.59. The molecule has 1 atom stereocenters. The van der Waals surface area contributed by atoms with Crippen molar-refractivity contribution in [1.29, 1.82) is 0 Å². The zero-order valence-electron chi connectivity index (χ0n) is 14.5. The number of likely N-dealkylation sites (tertiary alicyclic amines) is 1. The molecule has 0 bridgehead atoms. The van der Waals surface area contributed by atoms with E-state index < -0.39 is 0 Å². The standard InChI is InChI=1S/C19H21N5O/c1-13-10-14(2)24(22-13)12-15-6-5-9-23(15)19(25)18-11-20-16-7-3-4-8-17(16)21-18/h3-4,7-8,10-11,15H,5-6,9,12H2,1-2H3. The lowest BCUT2D eigenvalue weighted by atomic mass is 10.2. The molecule has 6 heteroatoms. The first-order chi connectivity index (χ1) is 12.1. The van der Waals surface area contributed by atoms with Crippen LogP contribution in [-0.4, -0.2) is 43.1 Å². The van der Waals surface area contributed by atoms with Crippen LogP contribution < -0.4 is 0 Å². The second-order valence-electron chi connectivity index (χ2n) is 6.65. The van der Waals surface area contributed by atoms with Crippen LogP contribution in [-0.2, 0) is 6.54 Å². The van der Waals surface area contributed by atoms with Gasteiger partial charge >= 0.3 is 0 Å². The van der Waals surface area contributed by atoms with Crippen LogP contribution in [0.4, 0.5) is 0 Å². The van der Waals surface area contributed by atoms with Crippen LogP contribution in [0.15, 0.2) is 36.5 Å². The van der Waals surface area contributed by atoms with Crippen LogP contribution in [0.25, 0.3) is 11.0 Å². The highest BCUT2D eigenvalue weighted by molar-refractivity contribution is 5.94. The van der Waals surface area contributed by atoms with Crippen molar-refractivity contribution in [2.45, 2.75) is 39.3 Å². The molecule has 1 amide bonds. The maximum absolute atomic E-state index is 13.0. The summed E-state index contributed by atoms with van der Waals surface area (Å²) < 4.78 is 2.00. The van der Waals surface area contributed by atoms with Gasteiger partial charge in [-0.25, -0.2) is 4.98 Å². The Labute approximate surface area is 146 Å². The number of hydrogen-bond acceptors (Lipinski definition) is 4. The Bertz CT molecular complexity index is 932. The monoisotopic (exact) mass is 335 g/mol. The van der Waals surface area contributed by atoms with E-state index in [-0.39, 0.29) is 11.9 Å². The fourth-order valence-electron chi connectivity index (χ4n) is 3.56. The predicted molar refractivity (Wildman–Crippen MR) is 95.3 cm³/mol. The van der Waals surface area contributed by atoms with Gasteiger partial charge in [-0.2, -0.15) is 5.10 Å². The van der Waals surface area contributed by atoms with Gasteiger partial charge in [0.15, 0.2) is 0 Å². The first kappa shape index (κ1) is 15.7. The number of nitrogens with zero attached hydrogens (tertiary/aromatic N) is 5. The van der Waals surface area contributed by atoms with Crippen LogP contribution in [0.5, 0.6) is 0 Å². The third-order valence-electron chi connectivity index (χ3n) is 4.79. The first-order valence-corrected chi connectivity index (χ1v) is 8.65. The van der Waals surface area contributed by atoms with E-state index in [1.807, 2.05) is 40.8 Å². The number of rotatable bonds is 3. The van der Waals surface area contributed by atoms with Gasteiger partial charge in [0.2, 0.25) is 0 Å². The second kappa shape index (κ2) is 6.27. The Balaban J connectivity index is 1.58. The molecule has 0 radical (unpaired) electrons. The third kappa shape index (κ3) is 2.99. The highest BCUT2D eigenvalue weighted by Crippen LogP contribution is 2.22. The van der Waals surface area contributed by atoms with Crippen molar-refractivity contribution in [2.75, 3.05) is 6.54 Å². The average Bonchev–Trinajstić information content (AvgIpc) is 3.20. The van der Waals surface area contributed by atoms with E-state index in [2.05, 4.69) is 28.1 Å². The molecule has 0 N–H and O–H groups in total. The van der Waals surface area contributed by atoms with Crippen molar-refractivity contribution in [1.82, 2.24) is 24.6 Å². The van der Waals surface area contributed by atoms with Gasteiger partial charge in [-0.3, -0.25) is 14.5 Å². The number of fused-ring (bicyclic) bond motifs is 1. The Morgan fingerprint density at radius 1 is 1.24 bits per heavy atom. The summed E-state index contributed by atoms with van der Waals surface area (Å²) in [5.74, 6) is -0.0396. The van der Waals surface area contributed by atoms with Crippen LogP contribution >= 0.6 is 0 Å². The minimum absolute atomic E-state index is 0.0396. The number of hydrogen-bond donors (Lipinski definition) is 0. The number of aryl methyl sites for hydroxylation is 2. The quantitative estimate of drug-likeness (QED) is 0.738. The van der Waals surface area contributed by atoms with Crippen molar-refractivity contribution in [3.63, 3.8) is 0 Å².